The number of benzene rings is 1. The number of nitrogens with two attached hydrogens (primary N) is 1. The highest BCUT2D eigenvalue weighted by Crippen LogP contribution is 2.25. The van der Waals surface area contributed by atoms with Crippen LogP contribution in [0.5, 0.6) is 0 Å². The molecule has 0 fully saturated rings. The topological polar surface area (TPSA) is 89.7 Å². The van der Waals surface area contributed by atoms with E-state index in [9.17, 15) is 14.4 Å². The normalized spacial score (nSPS) is 13.6. The summed E-state index contributed by atoms with van der Waals surface area (Å²) < 4.78 is 4.50. The number of imide groups is 1. The van der Waals surface area contributed by atoms with Crippen molar-refractivity contribution < 1.29 is 19.1 Å². The molecule has 19 heavy (non-hydrogen) atoms. The molecule has 6 heteroatoms. The van der Waals surface area contributed by atoms with Gasteiger partial charge < -0.3 is 10.5 Å². The number of hydrogen-bond acceptors (Lipinski definition) is 5. The Hall–Kier alpha value is -2.37. The summed E-state index contributed by atoms with van der Waals surface area (Å²) in [6, 6.07) is 4.63. The van der Waals surface area contributed by atoms with E-state index < -0.39 is 0 Å². The van der Waals surface area contributed by atoms with Gasteiger partial charge in [0.1, 0.15) is 0 Å². The fourth-order valence-electron chi connectivity index (χ4n) is 1.99. The summed E-state index contributed by atoms with van der Waals surface area (Å²) in [4.78, 5) is 36.2. The van der Waals surface area contributed by atoms with Crippen molar-refractivity contribution in [3.05, 3.63) is 29.3 Å². The van der Waals surface area contributed by atoms with E-state index in [4.69, 9.17) is 5.73 Å². The standard InChI is InChI=1S/C13H14N2O4/c1-19-11(16)3-2-6-15-12(17)9-5-4-8(14)7-10(9)13(15)18/h4-5,7H,2-3,6,14H2,1H3. The molecule has 0 saturated carbocycles. The van der Waals surface area contributed by atoms with Gasteiger partial charge in [0.05, 0.1) is 18.2 Å². The number of carbonyl (C=O) groups is 3. The summed E-state index contributed by atoms with van der Waals surface area (Å²) >= 11 is 0. The number of nitrogen functional groups attached to an aromatic ring is 1. The number of nitrogens with zero attached hydrogens (tertiary/aromatic N) is 1. The van der Waals surface area contributed by atoms with Gasteiger partial charge in [-0.1, -0.05) is 0 Å². The molecule has 1 aliphatic rings. The van der Waals surface area contributed by atoms with Crippen LogP contribution >= 0.6 is 0 Å². The van der Waals surface area contributed by atoms with Crippen LogP contribution in [0.2, 0.25) is 0 Å². The lowest BCUT2D eigenvalue weighted by Gasteiger charge is -2.12. The Morgan fingerprint density at radius 2 is 1.95 bits per heavy atom. The fourth-order valence-corrected chi connectivity index (χ4v) is 1.99. The van der Waals surface area contributed by atoms with Crippen LogP contribution in [0.15, 0.2) is 18.2 Å². The number of hydrogen-bond donors (Lipinski definition) is 1. The highest BCUT2D eigenvalue weighted by atomic mass is 16.5. The van der Waals surface area contributed by atoms with E-state index in [1.807, 2.05) is 0 Å². The lowest BCUT2D eigenvalue weighted by atomic mass is 10.1. The Morgan fingerprint density at radius 1 is 1.26 bits per heavy atom. The molecule has 0 atom stereocenters. The lowest BCUT2D eigenvalue weighted by molar-refractivity contribution is -0.140. The number of esters is 1. The van der Waals surface area contributed by atoms with Crippen LogP contribution in [0, 0.1) is 0 Å². The van der Waals surface area contributed by atoms with Crippen LogP contribution in [0.25, 0.3) is 0 Å². The molecule has 2 rings (SSSR count). The third-order valence-electron chi connectivity index (χ3n) is 2.99. The molecule has 0 radical (unpaired) electrons. The van der Waals surface area contributed by atoms with Crippen LogP contribution in [0.4, 0.5) is 5.69 Å². The fraction of sp³-hybridized carbons (Fsp3) is 0.308. The first-order valence-corrected chi connectivity index (χ1v) is 5.87. The van der Waals surface area contributed by atoms with Gasteiger partial charge in [0, 0.05) is 18.7 Å². The molecule has 0 aromatic heterocycles. The van der Waals surface area contributed by atoms with E-state index in [-0.39, 0.29) is 30.7 Å². The molecule has 0 aliphatic carbocycles. The number of ether oxygens (including phenoxy) is 1. The third kappa shape index (κ3) is 2.42. The van der Waals surface area contributed by atoms with Crippen molar-refractivity contribution >= 4 is 23.5 Å². The van der Waals surface area contributed by atoms with Gasteiger partial charge >= 0.3 is 5.97 Å². The molecule has 100 valence electrons. The Labute approximate surface area is 110 Å². The van der Waals surface area contributed by atoms with E-state index in [2.05, 4.69) is 4.74 Å². The number of anilines is 1. The molecule has 0 unspecified atom stereocenters. The van der Waals surface area contributed by atoms with Gasteiger partial charge in [0.15, 0.2) is 0 Å². The summed E-state index contributed by atoms with van der Waals surface area (Å²) in [6.45, 7) is 0.196. The first-order valence-electron chi connectivity index (χ1n) is 5.87. The zero-order valence-corrected chi connectivity index (χ0v) is 10.5. The third-order valence-corrected chi connectivity index (χ3v) is 2.99. The maximum Gasteiger partial charge on any atom is 0.305 e. The van der Waals surface area contributed by atoms with E-state index >= 15 is 0 Å². The van der Waals surface area contributed by atoms with Crippen molar-refractivity contribution in [2.24, 2.45) is 0 Å². The van der Waals surface area contributed by atoms with Crippen molar-refractivity contribution in [1.29, 1.82) is 0 Å². The first kappa shape index (κ1) is 13.1. The second kappa shape index (κ2) is 5.09. The number of methoxy groups -OCH3 is 1. The lowest BCUT2D eigenvalue weighted by Crippen LogP contribution is -2.31. The zero-order chi connectivity index (χ0) is 14.0. The first-order chi connectivity index (χ1) is 9.04. The molecule has 1 heterocycles. The number of fused-ring (bicyclic) bond motifs is 1. The molecule has 6 nitrogen and oxygen atoms in total. The van der Waals surface area contributed by atoms with Crippen LogP contribution in [-0.4, -0.2) is 36.3 Å². The number of carbonyl (C=O) groups excluding carboxylic acids is 3. The second-order valence-electron chi connectivity index (χ2n) is 4.25. The summed E-state index contributed by atoms with van der Waals surface area (Å²) in [5.41, 5.74) is 6.72. The molecule has 0 spiro atoms. The van der Waals surface area contributed by atoms with Gasteiger partial charge in [-0.25, -0.2) is 0 Å². The average Bonchev–Trinajstić information content (AvgIpc) is 2.63. The Bertz CT molecular complexity index is 554. The molecule has 2 amide bonds. The van der Waals surface area contributed by atoms with E-state index in [0.29, 0.717) is 23.2 Å². The van der Waals surface area contributed by atoms with Crippen LogP contribution in [0.3, 0.4) is 0 Å². The van der Waals surface area contributed by atoms with Crippen LogP contribution in [-0.2, 0) is 9.53 Å². The second-order valence-corrected chi connectivity index (χ2v) is 4.25. The van der Waals surface area contributed by atoms with Gasteiger partial charge in [-0.15, -0.1) is 0 Å². The summed E-state index contributed by atoms with van der Waals surface area (Å²) in [5, 5.41) is 0. The number of rotatable bonds is 4. The summed E-state index contributed by atoms with van der Waals surface area (Å²) in [6.07, 6.45) is 0.555. The Balaban J connectivity index is 2.08. The monoisotopic (exact) mass is 262 g/mol. The maximum atomic E-state index is 12.0. The van der Waals surface area contributed by atoms with E-state index in [0.717, 1.165) is 4.90 Å². The molecular weight excluding hydrogens is 248 g/mol. The van der Waals surface area contributed by atoms with Crippen molar-refractivity contribution in [2.45, 2.75) is 12.8 Å². The summed E-state index contributed by atoms with van der Waals surface area (Å²) in [5.74, 6) is -1.07. The Kier molecular flexibility index (Phi) is 3.50. The van der Waals surface area contributed by atoms with E-state index in [1.54, 1.807) is 12.1 Å². The minimum absolute atomic E-state index is 0.173. The minimum atomic E-state index is -0.364. The van der Waals surface area contributed by atoms with Crippen molar-refractivity contribution in [3.8, 4) is 0 Å². The smallest absolute Gasteiger partial charge is 0.305 e. The molecule has 0 bridgehead atoms. The molecule has 1 aliphatic heterocycles. The largest absolute Gasteiger partial charge is 0.469 e. The predicted octanol–water partition coefficient (Wildman–Crippen LogP) is 0.818. The highest BCUT2D eigenvalue weighted by molar-refractivity contribution is 6.21. The molecule has 1 aromatic rings. The molecule has 2 N–H and O–H groups in total. The SMILES string of the molecule is COC(=O)CCCN1C(=O)c2ccc(N)cc2C1=O. The summed E-state index contributed by atoms with van der Waals surface area (Å²) in [7, 11) is 1.30. The highest BCUT2D eigenvalue weighted by Gasteiger charge is 2.35. The van der Waals surface area contributed by atoms with E-state index in [1.165, 1.54) is 13.2 Å². The van der Waals surface area contributed by atoms with Gasteiger partial charge in [-0.3, -0.25) is 19.3 Å². The predicted molar refractivity (Wildman–Crippen MR) is 67.5 cm³/mol. The van der Waals surface area contributed by atoms with Crippen molar-refractivity contribution in [3.63, 3.8) is 0 Å². The van der Waals surface area contributed by atoms with Crippen LogP contribution < -0.4 is 5.73 Å². The van der Waals surface area contributed by atoms with Gasteiger partial charge in [-0.05, 0) is 24.6 Å². The van der Waals surface area contributed by atoms with Crippen LogP contribution in [0.1, 0.15) is 33.6 Å². The Morgan fingerprint density at radius 3 is 2.63 bits per heavy atom. The van der Waals surface area contributed by atoms with Crippen molar-refractivity contribution in [2.75, 3.05) is 19.4 Å². The quantitative estimate of drug-likeness (QED) is 0.493. The molecule has 0 saturated heterocycles. The van der Waals surface area contributed by atoms with Gasteiger partial charge in [0.2, 0.25) is 0 Å². The average molecular weight is 262 g/mol. The maximum absolute atomic E-state index is 12.0. The van der Waals surface area contributed by atoms with Gasteiger partial charge in [0.25, 0.3) is 11.8 Å². The van der Waals surface area contributed by atoms with Gasteiger partial charge in [-0.2, -0.15) is 0 Å². The van der Waals surface area contributed by atoms with Crippen molar-refractivity contribution in [1.82, 2.24) is 4.90 Å². The molecule has 1 aromatic carbocycles. The number of amides is 2. The minimum Gasteiger partial charge on any atom is -0.469 e. The molecular formula is C13H14N2O4. The zero-order valence-electron chi connectivity index (χ0n) is 10.5.